The number of hydrogen-bond acceptors (Lipinski definition) is 3. The third-order valence-corrected chi connectivity index (χ3v) is 3.72. The highest BCUT2D eigenvalue weighted by Gasteiger charge is 2.12. The lowest BCUT2D eigenvalue weighted by molar-refractivity contribution is 0.340. The molecule has 3 N–H and O–H groups in total. The van der Waals surface area contributed by atoms with E-state index in [1.807, 2.05) is 37.3 Å². The van der Waals surface area contributed by atoms with Crippen LogP contribution in [-0.2, 0) is 6.42 Å². The summed E-state index contributed by atoms with van der Waals surface area (Å²) in [6.45, 7) is 3.06. The molecule has 2 aromatic carbocycles. The first-order valence-corrected chi connectivity index (χ1v) is 7.42. The van der Waals surface area contributed by atoms with Crippen molar-refractivity contribution in [2.24, 2.45) is 5.73 Å². The molecule has 2 aromatic rings. The van der Waals surface area contributed by atoms with Gasteiger partial charge in [-0.05, 0) is 55.3 Å². The maximum Gasteiger partial charge on any atom is 0.137 e. The van der Waals surface area contributed by atoms with Crippen molar-refractivity contribution in [3.63, 3.8) is 0 Å². The molecule has 4 heteroatoms. The van der Waals surface area contributed by atoms with Crippen molar-refractivity contribution in [2.75, 3.05) is 13.2 Å². The molecule has 1 unspecified atom stereocenters. The van der Waals surface area contributed by atoms with Gasteiger partial charge in [0.15, 0.2) is 0 Å². The van der Waals surface area contributed by atoms with Gasteiger partial charge in [-0.3, -0.25) is 0 Å². The molecule has 0 amide bonds. The fourth-order valence-electron chi connectivity index (χ4n) is 2.31. The van der Waals surface area contributed by atoms with Crippen LogP contribution in [0.4, 0.5) is 0 Å². The highest BCUT2D eigenvalue weighted by Crippen LogP contribution is 2.28. The zero-order valence-corrected chi connectivity index (χ0v) is 12.8. The molecule has 0 spiro atoms. The molecular formula is C17H20ClNO2. The Kier molecular flexibility index (Phi) is 5.48. The second kappa shape index (κ2) is 7.34. The summed E-state index contributed by atoms with van der Waals surface area (Å²) in [5.74, 6) is 1.16. The Bertz CT molecular complexity index is 584. The number of aromatic hydroxyl groups is 1. The minimum Gasteiger partial charge on any atom is -0.508 e. The molecule has 112 valence electrons. The maximum atomic E-state index is 9.36. The number of halogens is 1. The smallest absolute Gasteiger partial charge is 0.137 e. The second-order valence-electron chi connectivity index (χ2n) is 4.93. The van der Waals surface area contributed by atoms with E-state index in [0.717, 1.165) is 17.5 Å². The topological polar surface area (TPSA) is 55.5 Å². The average Bonchev–Trinajstić information content (AvgIpc) is 2.48. The zero-order valence-electron chi connectivity index (χ0n) is 12.1. The minimum absolute atomic E-state index is 0.194. The van der Waals surface area contributed by atoms with Crippen LogP contribution in [0.3, 0.4) is 0 Å². The SMILES string of the molecule is CCOc1ccc(CC(CN)c2ccc(O)cc2)cc1Cl. The van der Waals surface area contributed by atoms with Gasteiger partial charge in [0.05, 0.1) is 11.6 Å². The van der Waals surface area contributed by atoms with E-state index in [1.54, 1.807) is 12.1 Å². The van der Waals surface area contributed by atoms with Crippen LogP contribution in [0.15, 0.2) is 42.5 Å². The molecule has 0 saturated heterocycles. The Morgan fingerprint density at radius 2 is 1.90 bits per heavy atom. The Hall–Kier alpha value is -1.71. The Balaban J connectivity index is 2.15. The summed E-state index contributed by atoms with van der Waals surface area (Å²) in [5, 5.41) is 9.98. The molecule has 21 heavy (non-hydrogen) atoms. The van der Waals surface area contributed by atoms with E-state index >= 15 is 0 Å². The van der Waals surface area contributed by atoms with Crippen LogP contribution in [0.5, 0.6) is 11.5 Å². The van der Waals surface area contributed by atoms with Crippen molar-refractivity contribution >= 4 is 11.6 Å². The zero-order chi connectivity index (χ0) is 15.2. The van der Waals surface area contributed by atoms with Crippen molar-refractivity contribution in [1.82, 2.24) is 0 Å². The summed E-state index contributed by atoms with van der Waals surface area (Å²) < 4.78 is 5.44. The van der Waals surface area contributed by atoms with Crippen molar-refractivity contribution < 1.29 is 9.84 Å². The third kappa shape index (κ3) is 4.13. The first kappa shape index (κ1) is 15.7. The molecular weight excluding hydrogens is 286 g/mol. The predicted octanol–water partition coefficient (Wildman–Crippen LogP) is 3.73. The minimum atomic E-state index is 0.194. The lowest BCUT2D eigenvalue weighted by atomic mass is 9.92. The lowest BCUT2D eigenvalue weighted by Crippen LogP contribution is -2.15. The van der Waals surface area contributed by atoms with Crippen LogP contribution in [0.2, 0.25) is 5.02 Å². The quantitative estimate of drug-likeness (QED) is 0.855. The number of rotatable bonds is 6. The summed E-state index contributed by atoms with van der Waals surface area (Å²) in [7, 11) is 0. The van der Waals surface area contributed by atoms with Gasteiger partial charge < -0.3 is 15.6 Å². The highest BCUT2D eigenvalue weighted by atomic mass is 35.5. The van der Waals surface area contributed by atoms with Crippen molar-refractivity contribution in [2.45, 2.75) is 19.3 Å². The Labute approximate surface area is 130 Å². The molecule has 0 radical (unpaired) electrons. The van der Waals surface area contributed by atoms with Crippen molar-refractivity contribution in [1.29, 1.82) is 0 Å². The first-order chi connectivity index (χ1) is 10.1. The van der Waals surface area contributed by atoms with Crippen LogP contribution in [-0.4, -0.2) is 18.3 Å². The van der Waals surface area contributed by atoms with Gasteiger partial charge in [-0.2, -0.15) is 0 Å². The van der Waals surface area contributed by atoms with Gasteiger partial charge in [0.25, 0.3) is 0 Å². The van der Waals surface area contributed by atoms with Gasteiger partial charge >= 0.3 is 0 Å². The monoisotopic (exact) mass is 305 g/mol. The number of phenols is 1. The Morgan fingerprint density at radius 1 is 1.19 bits per heavy atom. The van der Waals surface area contributed by atoms with Crippen molar-refractivity contribution in [3.8, 4) is 11.5 Å². The maximum absolute atomic E-state index is 9.36. The normalized spacial score (nSPS) is 12.1. The van der Waals surface area contributed by atoms with Crippen LogP contribution in [0.1, 0.15) is 24.0 Å². The largest absolute Gasteiger partial charge is 0.508 e. The number of nitrogens with two attached hydrogens (primary N) is 1. The van der Waals surface area contributed by atoms with Gasteiger partial charge in [0.2, 0.25) is 0 Å². The van der Waals surface area contributed by atoms with Gasteiger partial charge in [0.1, 0.15) is 11.5 Å². The van der Waals surface area contributed by atoms with Crippen LogP contribution in [0.25, 0.3) is 0 Å². The van der Waals surface area contributed by atoms with Gasteiger partial charge in [-0.15, -0.1) is 0 Å². The molecule has 0 fully saturated rings. The molecule has 0 heterocycles. The molecule has 0 aliphatic rings. The number of ether oxygens (including phenoxy) is 1. The lowest BCUT2D eigenvalue weighted by Gasteiger charge is -2.16. The fourth-order valence-corrected chi connectivity index (χ4v) is 2.57. The van der Waals surface area contributed by atoms with E-state index < -0.39 is 0 Å². The molecule has 1 atom stereocenters. The van der Waals surface area contributed by atoms with Gasteiger partial charge in [-0.1, -0.05) is 29.8 Å². The summed E-state index contributed by atoms with van der Waals surface area (Å²) in [6.07, 6.45) is 0.799. The van der Waals surface area contributed by atoms with E-state index in [9.17, 15) is 5.11 Å². The number of hydrogen-bond donors (Lipinski definition) is 2. The van der Waals surface area contributed by atoms with E-state index in [0.29, 0.717) is 23.9 Å². The van der Waals surface area contributed by atoms with Gasteiger partial charge in [-0.25, -0.2) is 0 Å². The van der Waals surface area contributed by atoms with Crippen LogP contribution >= 0.6 is 11.6 Å². The number of benzene rings is 2. The molecule has 2 rings (SSSR count). The van der Waals surface area contributed by atoms with E-state index in [4.69, 9.17) is 22.1 Å². The Morgan fingerprint density at radius 3 is 2.48 bits per heavy atom. The molecule has 3 nitrogen and oxygen atoms in total. The predicted molar refractivity (Wildman–Crippen MR) is 86.2 cm³/mol. The van der Waals surface area contributed by atoms with Crippen LogP contribution < -0.4 is 10.5 Å². The molecule has 0 aliphatic heterocycles. The fraction of sp³-hybridized carbons (Fsp3) is 0.294. The first-order valence-electron chi connectivity index (χ1n) is 7.04. The highest BCUT2D eigenvalue weighted by molar-refractivity contribution is 6.32. The average molecular weight is 306 g/mol. The third-order valence-electron chi connectivity index (χ3n) is 3.43. The molecule has 0 saturated carbocycles. The second-order valence-corrected chi connectivity index (χ2v) is 5.33. The number of phenolic OH excluding ortho intramolecular Hbond substituents is 1. The van der Waals surface area contributed by atoms with Gasteiger partial charge in [0, 0.05) is 5.92 Å². The van der Waals surface area contributed by atoms with E-state index in [2.05, 4.69) is 0 Å². The van der Waals surface area contributed by atoms with Crippen LogP contribution in [0, 0.1) is 0 Å². The molecule has 0 aromatic heterocycles. The molecule has 0 bridgehead atoms. The van der Waals surface area contributed by atoms with Crippen molar-refractivity contribution in [3.05, 3.63) is 58.6 Å². The standard InChI is InChI=1S/C17H20ClNO2/c1-2-21-17-8-3-12(10-16(17)18)9-14(11-19)13-4-6-15(20)7-5-13/h3-8,10,14,20H,2,9,11,19H2,1H3. The van der Waals surface area contributed by atoms with E-state index in [1.165, 1.54) is 0 Å². The summed E-state index contributed by atoms with van der Waals surface area (Å²) in [5.41, 5.74) is 8.12. The molecule has 0 aliphatic carbocycles. The summed E-state index contributed by atoms with van der Waals surface area (Å²) >= 11 is 6.21. The summed E-state index contributed by atoms with van der Waals surface area (Å²) in [4.78, 5) is 0. The van der Waals surface area contributed by atoms with E-state index in [-0.39, 0.29) is 11.7 Å². The summed E-state index contributed by atoms with van der Waals surface area (Å²) in [6, 6.07) is 13.0.